The van der Waals surface area contributed by atoms with Crippen molar-refractivity contribution in [1.82, 2.24) is 14.7 Å². The molecule has 208 valence electrons. The largest absolute Gasteiger partial charge is 0.478 e. The Balaban J connectivity index is 1.41. The highest BCUT2D eigenvalue weighted by molar-refractivity contribution is 6.03. The van der Waals surface area contributed by atoms with Crippen LogP contribution in [0.3, 0.4) is 0 Å². The van der Waals surface area contributed by atoms with Crippen LogP contribution >= 0.6 is 0 Å². The molecule has 0 spiro atoms. The van der Waals surface area contributed by atoms with E-state index in [2.05, 4.69) is 36.5 Å². The van der Waals surface area contributed by atoms with E-state index < -0.39 is 5.97 Å². The van der Waals surface area contributed by atoms with Crippen LogP contribution in [0.1, 0.15) is 56.1 Å². The number of carboxylic acids is 1. The van der Waals surface area contributed by atoms with Gasteiger partial charge < -0.3 is 14.8 Å². The third-order valence-electron chi connectivity index (χ3n) is 7.80. The van der Waals surface area contributed by atoms with E-state index in [-0.39, 0.29) is 23.3 Å². The van der Waals surface area contributed by atoms with Crippen molar-refractivity contribution in [2.45, 2.75) is 26.3 Å². The van der Waals surface area contributed by atoms with Crippen LogP contribution in [0.25, 0.3) is 27.4 Å². The third kappa shape index (κ3) is 5.12. The van der Waals surface area contributed by atoms with Gasteiger partial charge in [0.05, 0.1) is 34.7 Å². The van der Waals surface area contributed by atoms with Crippen molar-refractivity contribution in [2.24, 2.45) is 0 Å². The van der Waals surface area contributed by atoms with Crippen molar-refractivity contribution in [1.29, 1.82) is 0 Å². The molecule has 0 fully saturated rings. The maximum Gasteiger partial charge on any atom is 0.335 e. The highest BCUT2D eigenvalue weighted by Crippen LogP contribution is 2.29. The minimum Gasteiger partial charge on any atom is -0.478 e. The number of amides is 1. The zero-order chi connectivity index (χ0) is 29.4. The Morgan fingerprint density at radius 2 is 1.69 bits per heavy atom. The number of aryl methyl sites for hydroxylation is 1. The van der Waals surface area contributed by atoms with Gasteiger partial charge in [0, 0.05) is 12.6 Å². The number of aromatic nitrogens is 2. The molecule has 0 saturated heterocycles. The summed E-state index contributed by atoms with van der Waals surface area (Å²) in [5.74, 6) is -1.64. The predicted octanol–water partition coefficient (Wildman–Crippen LogP) is 7.38. The maximum absolute atomic E-state index is 13.9. The van der Waals surface area contributed by atoms with Gasteiger partial charge in [-0.2, -0.15) is 0 Å². The second kappa shape index (κ2) is 10.9. The summed E-state index contributed by atoms with van der Waals surface area (Å²) < 4.78 is 15.5. The van der Waals surface area contributed by atoms with Gasteiger partial charge in [0.25, 0.3) is 5.91 Å². The highest BCUT2D eigenvalue weighted by atomic mass is 19.1. The zero-order valence-corrected chi connectivity index (χ0v) is 23.1. The minimum atomic E-state index is -1.01. The first-order chi connectivity index (χ1) is 20.3. The summed E-state index contributed by atoms with van der Waals surface area (Å²) in [6.45, 7) is 3.96. The molecule has 0 aliphatic heterocycles. The number of hydrogen-bond acceptors (Lipinski definition) is 3. The van der Waals surface area contributed by atoms with Crippen molar-refractivity contribution in [3.63, 3.8) is 0 Å². The molecule has 6 aromatic rings. The number of pyridine rings is 1. The van der Waals surface area contributed by atoms with Crippen LogP contribution in [0.15, 0.2) is 104 Å². The van der Waals surface area contributed by atoms with E-state index in [1.807, 2.05) is 35.7 Å². The molecular formula is C35H28FN3O3. The average Bonchev–Trinajstić information content (AvgIpc) is 3.41. The summed E-state index contributed by atoms with van der Waals surface area (Å²) in [6, 6.07) is 26.5. The summed E-state index contributed by atoms with van der Waals surface area (Å²) >= 11 is 0. The Bertz CT molecular complexity index is 1960. The number of nitrogens with zero attached hydrogens (tertiary/aromatic N) is 2. The van der Waals surface area contributed by atoms with Crippen molar-refractivity contribution >= 4 is 28.2 Å². The number of carbonyl (C=O) groups excluding carboxylic acids is 1. The fourth-order valence-corrected chi connectivity index (χ4v) is 5.42. The lowest BCUT2D eigenvalue weighted by Gasteiger charge is -2.17. The Morgan fingerprint density at radius 3 is 2.43 bits per heavy atom. The quantitative estimate of drug-likeness (QED) is 0.215. The van der Waals surface area contributed by atoms with E-state index in [4.69, 9.17) is 4.98 Å². The second-order valence-electron chi connectivity index (χ2n) is 10.5. The number of carbonyl (C=O) groups is 2. The van der Waals surface area contributed by atoms with Crippen LogP contribution in [0, 0.1) is 12.7 Å². The van der Waals surface area contributed by atoms with E-state index >= 15 is 0 Å². The maximum atomic E-state index is 13.9. The van der Waals surface area contributed by atoms with Crippen LogP contribution < -0.4 is 5.32 Å². The van der Waals surface area contributed by atoms with Crippen molar-refractivity contribution < 1.29 is 19.1 Å². The van der Waals surface area contributed by atoms with E-state index in [1.54, 1.807) is 30.6 Å². The summed E-state index contributed by atoms with van der Waals surface area (Å²) in [5.41, 5.74) is 6.66. The molecule has 6 nitrogen and oxygen atoms in total. The van der Waals surface area contributed by atoms with Gasteiger partial charge >= 0.3 is 5.97 Å². The summed E-state index contributed by atoms with van der Waals surface area (Å²) in [4.78, 5) is 29.9. The minimum absolute atomic E-state index is 0.180. The highest BCUT2D eigenvalue weighted by Gasteiger charge is 2.21. The second-order valence-corrected chi connectivity index (χ2v) is 10.5. The Morgan fingerprint density at radius 1 is 0.952 bits per heavy atom. The smallest absolute Gasteiger partial charge is 0.335 e. The number of carboxylic acid groups (broad SMARTS) is 1. The zero-order valence-electron chi connectivity index (χ0n) is 23.1. The van der Waals surface area contributed by atoms with Gasteiger partial charge in [-0.1, -0.05) is 60.7 Å². The first-order valence-corrected chi connectivity index (χ1v) is 13.7. The number of rotatable bonds is 7. The summed E-state index contributed by atoms with van der Waals surface area (Å²) in [7, 11) is 0. The van der Waals surface area contributed by atoms with Crippen LogP contribution in [0.2, 0.25) is 0 Å². The van der Waals surface area contributed by atoms with Crippen molar-refractivity contribution in [3.8, 4) is 11.1 Å². The number of benzene rings is 4. The van der Waals surface area contributed by atoms with E-state index in [9.17, 15) is 19.1 Å². The van der Waals surface area contributed by atoms with Crippen LogP contribution in [0.5, 0.6) is 0 Å². The lowest BCUT2D eigenvalue weighted by Crippen LogP contribution is -2.27. The topological polar surface area (TPSA) is 83.7 Å². The van der Waals surface area contributed by atoms with E-state index in [1.165, 1.54) is 40.6 Å². The molecular weight excluding hydrogens is 529 g/mol. The van der Waals surface area contributed by atoms with Gasteiger partial charge in [0.2, 0.25) is 0 Å². The van der Waals surface area contributed by atoms with Gasteiger partial charge in [-0.15, -0.1) is 0 Å². The molecule has 0 radical (unpaired) electrons. The van der Waals surface area contributed by atoms with Crippen molar-refractivity contribution in [2.75, 3.05) is 0 Å². The molecule has 2 N–H and O–H groups in total. The normalized spacial score (nSPS) is 12.0. The van der Waals surface area contributed by atoms with Crippen LogP contribution in [-0.2, 0) is 6.42 Å². The first kappa shape index (κ1) is 26.9. The fourth-order valence-electron chi connectivity index (χ4n) is 5.42. The number of imidazole rings is 1. The van der Waals surface area contributed by atoms with Gasteiger partial charge in [0.1, 0.15) is 5.82 Å². The Labute approximate surface area is 242 Å². The molecule has 7 heteroatoms. The van der Waals surface area contributed by atoms with Gasteiger partial charge in [-0.25, -0.2) is 14.2 Å². The first-order valence-electron chi connectivity index (χ1n) is 13.7. The molecule has 0 aliphatic rings. The Kier molecular flexibility index (Phi) is 7.00. The lowest BCUT2D eigenvalue weighted by atomic mass is 9.96. The molecule has 0 saturated carbocycles. The van der Waals surface area contributed by atoms with E-state index in [0.717, 1.165) is 27.9 Å². The molecule has 1 amide bonds. The predicted molar refractivity (Wildman–Crippen MR) is 161 cm³/mol. The van der Waals surface area contributed by atoms with E-state index in [0.29, 0.717) is 17.5 Å². The summed E-state index contributed by atoms with van der Waals surface area (Å²) in [6.07, 6.45) is 4.14. The number of aromatic carboxylic acids is 1. The molecule has 42 heavy (non-hydrogen) atoms. The molecule has 4 aromatic carbocycles. The van der Waals surface area contributed by atoms with Crippen LogP contribution in [0.4, 0.5) is 4.39 Å². The average molecular weight is 558 g/mol. The Hall–Kier alpha value is -5.30. The molecule has 1 atom stereocenters. The molecule has 2 aromatic heterocycles. The number of fused-ring (bicyclic) bond motifs is 2. The molecule has 6 rings (SSSR count). The van der Waals surface area contributed by atoms with Crippen LogP contribution in [-0.4, -0.2) is 26.4 Å². The number of nitrogens with one attached hydrogen (secondary N) is 1. The number of hydrogen-bond donors (Lipinski definition) is 2. The molecule has 0 aliphatic carbocycles. The van der Waals surface area contributed by atoms with Crippen molar-refractivity contribution in [3.05, 3.63) is 143 Å². The monoisotopic (exact) mass is 557 g/mol. The SMILES string of the molecule is Cc1c(Cc2ncn3cc(-c4ccc(F)cc4)cc(C(=O)N[C@@H](C)c4ccc(C(=O)O)cc4)c23)ccc2ccccc12. The third-order valence-corrected chi connectivity index (χ3v) is 7.80. The molecule has 0 bridgehead atoms. The fraction of sp³-hybridized carbons (Fsp3) is 0.114. The molecule has 2 heterocycles. The van der Waals surface area contributed by atoms with Gasteiger partial charge in [0.15, 0.2) is 0 Å². The lowest BCUT2D eigenvalue weighted by molar-refractivity contribution is 0.0696. The summed E-state index contributed by atoms with van der Waals surface area (Å²) in [5, 5.41) is 14.6. The van der Waals surface area contributed by atoms with Gasteiger partial charge in [-0.3, -0.25) is 4.79 Å². The molecule has 0 unspecified atom stereocenters. The van der Waals surface area contributed by atoms with Gasteiger partial charge in [-0.05, 0) is 82.8 Å². The number of halogens is 1. The standard InChI is InChI=1S/C35H28FN3O3/c1-21-27(12-9-25-5-3-4-6-30(21)25)18-32-33-31(34(40)38-22(2)23-7-10-26(11-8-23)35(41)42)17-28(19-39(33)20-37-32)24-13-15-29(36)16-14-24/h3-17,19-20,22H,18H2,1-2H3,(H,38,40)(H,41,42)/t22-/m0/s1.